The minimum absolute atomic E-state index is 0.0428. The maximum atomic E-state index is 12.9. The minimum Gasteiger partial charge on any atom is -0.302 e. The Hall–Kier alpha value is -1.83. The van der Waals surface area contributed by atoms with Crippen molar-refractivity contribution in [3.8, 4) is 10.7 Å². The van der Waals surface area contributed by atoms with Crippen molar-refractivity contribution in [2.45, 2.75) is 32.7 Å². The van der Waals surface area contributed by atoms with Gasteiger partial charge in [-0.15, -0.1) is 0 Å². The summed E-state index contributed by atoms with van der Waals surface area (Å²) in [4.78, 5) is 20.6. The smallest absolute Gasteiger partial charge is 0.302 e. The molecule has 1 saturated carbocycles. The molecule has 0 spiro atoms. The van der Waals surface area contributed by atoms with Crippen LogP contribution in [0.25, 0.3) is 10.7 Å². The third kappa shape index (κ3) is 2.67. The molecule has 2 aromatic heterocycles. The fourth-order valence-corrected chi connectivity index (χ4v) is 3.15. The number of carbonyl (C=O) groups is 1. The van der Waals surface area contributed by atoms with E-state index in [0.29, 0.717) is 15.7 Å². The van der Waals surface area contributed by atoms with Crippen LogP contribution in [-0.4, -0.2) is 20.4 Å². The first-order valence-corrected chi connectivity index (χ1v) is 7.47. The number of amides is 1. The highest BCUT2D eigenvalue weighted by Crippen LogP contribution is 2.34. The van der Waals surface area contributed by atoms with E-state index in [4.69, 9.17) is 0 Å². The summed E-state index contributed by atoms with van der Waals surface area (Å²) < 4.78 is 26.6. The number of aryl methyl sites for hydroxylation is 1. The summed E-state index contributed by atoms with van der Waals surface area (Å²) in [7, 11) is 0. The molecule has 1 fully saturated rings. The van der Waals surface area contributed by atoms with Gasteiger partial charge < -0.3 is 5.32 Å². The third-order valence-electron chi connectivity index (χ3n) is 3.58. The highest BCUT2D eigenvalue weighted by Gasteiger charge is 2.26. The Kier molecular flexibility index (Phi) is 3.71. The summed E-state index contributed by atoms with van der Waals surface area (Å²) in [5.41, 5.74) is 0.581. The highest BCUT2D eigenvalue weighted by atomic mass is 32.1. The molecular weight excluding hydrogens is 298 g/mol. The lowest BCUT2D eigenvalue weighted by Crippen LogP contribution is -2.27. The minimum atomic E-state index is -2.66. The van der Waals surface area contributed by atoms with Gasteiger partial charge in [0.2, 0.25) is 5.91 Å². The summed E-state index contributed by atoms with van der Waals surface area (Å²) in [5, 5.41) is 3.19. The van der Waals surface area contributed by atoms with Crippen LogP contribution >= 0.6 is 11.3 Å². The van der Waals surface area contributed by atoms with E-state index < -0.39 is 6.55 Å². The number of carbonyl (C=O) groups excluding carboxylic acids is 1. The van der Waals surface area contributed by atoms with E-state index in [9.17, 15) is 13.6 Å². The first-order valence-electron chi connectivity index (χ1n) is 6.66. The van der Waals surface area contributed by atoms with Crippen LogP contribution in [0.3, 0.4) is 0 Å². The van der Waals surface area contributed by atoms with Crippen LogP contribution in [0.5, 0.6) is 0 Å². The highest BCUT2D eigenvalue weighted by molar-refractivity contribution is 7.19. The Labute approximate surface area is 124 Å². The molecule has 1 aliphatic carbocycles. The number of hydrogen-bond donors (Lipinski definition) is 1. The van der Waals surface area contributed by atoms with Crippen molar-refractivity contribution in [2.24, 2.45) is 5.92 Å². The number of nitrogens with one attached hydrogen (secondary N) is 1. The van der Waals surface area contributed by atoms with E-state index in [-0.39, 0.29) is 17.6 Å². The second-order valence-electron chi connectivity index (χ2n) is 4.99. The van der Waals surface area contributed by atoms with Crippen molar-refractivity contribution >= 4 is 22.4 Å². The van der Waals surface area contributed by atoms with E-state index >= 15 is 0 Å². The van der Waals surface area contributed by atoms with E-state index in [1.807, 2.05) is 0 Å². The molecule has 112 valence electrons. The monoisotopic (exact) mass is 312 g/mol. The van der Waals surface area contributed by atoms with Crippen molar-refractivity contribution in [1.82, 2.24) is 14.5 Å². The van der Waals surface area contributed by atoms with Crippen LogP contribution < -0.4 is 5.32 Å². The molecule has 1 aliphatic rings. The summed E-state index contributed by atoms with van der Waals surface area (Å²) in [5.74, 6) is 0.184. The van der Waals surface area contributed by atoms with Gasteiger partial charge in [-0.2, -0.15) is 8.78 Å². The Bertz CT molecular complexity index is 663. The SMILES string of the molecule is Cc1nc(NC(=O)C2CCC2)sc1-c1nccn1C(F)F. The third-order valence-corrected chi connectivity index (χ3v) is 4.65. The molecule has 2 heterocycles. The lowest BCUT2D eigenvalue weighted by atomic mass is 9.85. The van der Waals surface area contributed by atoms with Crippen molar-refractivity contribution < 1.29 is 13.6 Å². The van der Waals surface area contributed by atoms with Gasteiger partial charge in [-0.3, -0.25) is 9.36 Å². The topological polar surface area (TPSA) is 59.8 Å². The largest absolute Gasteiger partial charge is 0.320 e. The van der Waals surface area contributed by atoms with Gasteiger partial charge in [0.25, 0.3) is 0 Å². The Balaban J connectivity index is 1.83. The second kappa shape index (κ2) is 5.51. The molecule has 1 N–H and O–H groups in total. The van der Waals surface area contributed by atoms with Gasteiger partial charge in [0.1, 0.15) is 0 Å². The average molecular weight is 312 g/mol. The number of imidazole rings is 1. The lowest BCUT2D eigenvalue weighted by molar-refractivity contribution is -0.122. The molecule has 0 atom stereocenters. The molecule has 0 radical (unpaired) electrons. The lowest BCUT2D eigenvalue weighted by Gasteiger charge is -2.23. The zero-order chi connectivity index (χ0) is 15.0. The fourth-order valence-electron chi connectivity index (χ4n) is 2.18. The summed E-state index contributed by atoms with van der Waals surface area (Å²) in [6.07, 6.45) is 5.43. The predicted molar refractivity (Wildman–Crippen MR) is 75.3 cm³/mol. The number of halogens is 2. The van der Waals surface area contributed by atoms with Crippen LogP contribution in [0.4, 0.5) is 13.9 Å². The maximum Gasteiger partial charge on any atom is 0.320 e. The number of anilines is 1. The predicted octanol–water partition coefficient (Wildman–Crippen LogP) is 3.45. The van der Waals surface area contributed by atoms with Gasteiger partial charge in [-0.05, 0) is 19.8 Å². The van der Waals surface area contributed by atoms with Crippen LogP contribution in [0.15, 0.2) is 12.4 Å². The molecule has 3 rings (SSSR count). The number of alkyl halides is 2. The van der Waals surface area contributed by atoms with Gasteiger partial charge in [0.05, 0.1) is 10.6 Å². The first-order chi connectivity index (χ1) is 10.1. The van der Waals surface area contributed by atoms with Crippen molar-refractivity contribution in [2.75, 3.05) is 5.32 Å². The van der Waals surface area contributed by atoms with Gasteiger partial charge in [-0.1, -0.05) is 17.8 Å². The van der Waals surface area contributed by atoms with Crippen LogP contribution in [0.2, 0.25) is 0 Å². The quantitative estimate of drug-likeness (QED) is 0.940. The van der Waals surface area contributed by atoms with Gasteiger partial charge in [0, 0.05) is 18.3 Å². The summed E-state index contributed by atoms with van der Waals surface area (Å²) >= 11 is 1.17. The molecule has 0 unspecified atom stereocenters. The van der Waals surface area contributed by atoms with Gasteiger partial charge in [-0.25, -0.2) is 9.97 Å². The molecule has 1 amide bonds. The standard InChI is InChI=1S/C13H14F2N4OS/c1-7-9(10-16-5-6-19(10)12(14)15)21-13(17-7)18-11(20)8-3-2-4-8/h5-6,8,12H,2-4H2,1H3,(H,17,18,20). The Morgan fingerprint density at radius 2 is 2.29 bits per heavy atom. The van der Waals surface area contributed by atoms with E-state index in [0.717, 1.165) is 23.8 Å². The Morgan fingerprint density at radius 3 is 2.90 bits per heavy atom. The second-order valence-corrected chi connectivity index (χ2v) is 5.99. The molecule has 0 aromatic carbocycles. The number of hydrogen-bond acceptors (Lipinski definition) is 4. The molecule has 5 nitrogen and oxygen atoms in total. The van der Waals surface area contributed by atoms with Crippen LogP contribution in [0, 0.1) is 12.8 Å². The first kappa shape index (κ1) is 14.1. The van der Waals surface area contributed by atoms with Crippen LogP contribution in [-0.2, 0) is 4.79 Å². The number of rotatable bonds is 4. The molecule has 2 aromatic rings. The Morgan fingerprint density at radius 1 is 1.52 bits per heavy atom. The van der Waals surface area contributed by atoms with Crippen molar-refractivity contribution in [3.05, 3.63) is 18.1 Å². The number of thiazole rings is 1. The van der Waals surface area contributed by atoms with Crippen LogP contribution in [0.1, 0.15) is 31.5 Å². The molecule has 0 bridgehead atoms. The van der Waals surface area contributed by atoms with Crippen molar-refractivity contribution in [3.63, 3.8) is 0 Å². The van der Waals surface area contributed by atoms with Crippen molar-refractivity contribution in [1.29, 1.82) is 0 Å². The zero-order valence-electron chi connectivity index (χ0n) is 11.3. The van der Waals surface area contributed by atoms with E-state index in [2.05, 4.69) is 15.3 Å². The normalized spacial score (nSPS) is 15.2. The average Bonchev–Trinajstić information content (AvgIpc) is 2.92. The molecule has 0 aliphatic heterocycles. The van der Waals surface area contributed by atoms with Gasteiger partial charge >= 0.3 is 6.55 Å². The number of nitrogens with zero attached hydrogens (tertiary/aromatic N) is 3. The van der Waals surface area contributed by atoms with E-state index in [1.165, 1.54) is 23.7 Å². The molecule has 8 heteroatoms. The molecule has 0 saturated heterocycles. The molecule has 21 heavy (non-hydrogen) atoms. The number of aromatic nitrogens is 3. The maximum absolute atomic E-state index is 12.9. The zero-order valence-corrected chi connectivity index (χ0v) is 12.2. The van der Waals surface area contributed by atoms with Gasteiger partial charge in [0.15, 0.2) is 11.0 Å². The summed E-state index contributed by atoms with van der Waals surface area (Å²) in [6, 6.07) is 0. The van der Waals surface area contributed by atoms with E-state index in [1.54, 1.807) is 6.92 Å². The summed E-state index contributed by atoms with van der Waals surface area (Å²) in [6.45, 7) is -0.938. The fraction of sp³-hybridized carbons (Fsp3) is 0.462. The molecular formula is C13H14F2N4OS.